The molecule has 0 spiro atoms. The van der Waals surface area contributed by atoms with Crippen molar-refractivity contribution in [1.29, 1.82) is 0 Å². The predicted octanol–water partition coefficient (Wildman–Crippen LogP) is 1.88. The summed E-state index contributed by atoms with van der Waals surface area (Å²) in [5.74, 6) is -3.86. The molecule has 2 unspecified atom stereocenters. The lowest BCUT2D eigenvalue weighted by Crippen LogP contribution is -2.40. The van der Waals surface area contributed by atoms with Gasteiger partial charge in [0.25, 0.3) is 11.5 Å². The van der Waals surface area contributed by atoms with Crippen LogP contribution in [0.1, 0.15) is 42.7 Å². The molecular formula is C19H21F3N4O2. The van der Waals surface area contributed by atoms with Crippen molar-refractivity contribution in [2.75, 3.05) is 18.0 Å². The highest BCUT2D eigenvalue weighted by Crippen LogP contribution is 2.57. The number of fused-ring (bicyclic) bond motifs is 1. The number of pyridine rings is 1. The average molecular weight is 394 g/mol. The topological polar surface area (TPSA) is 83.6 Å². The monoisotopic (exact) mass is 394 g/mol. The van der Waals surface area contributed by atoms with Gasteiger partial charge in [0.2, 0.25) is 0 Å². The largest absolute Gasteiger partial charge is 0.368 e. The molecule has 1 saturated heterocycles. The van der Waals surface area contributed by atoms with E-state index in [-0.39, 0.29) is 24.6 Å². The van der Waals surface area contributed by atoms with Gasteiger partial charge in [-0.2, -0.15) is 0 Å². The maximum Gasteiger partial charge on any atom is 0.333 e. The third-order valence-electron chi connectivity index (χ3n) is 6.65. The Kier molecular flexibility index (Phi) is 3.43. The second kappa shape index (κ2) is 5.40. The van der Waals surface area contributed by atoms with Crippen LogP contribution in [0.2, 0.25) is 0 Å². The van der Waals surface area contributed by atoms with Gasteiger partial charge in [-0.3, -0.25) is 14.2 Å². The van der Waals surface area contributed by atoms with Crippen molar-refractivity contribution < 1.29 is 13.2 Å². The first-order valence-electron chi connectivity index (χ1n) is 9.53. The van der Waals surface area contributed by atoms with Crippen LogP contribution in [0.4, 0.5) is 18.9 Å². The first-order valence-corrected chi connectivity index (χ1v) is 9.53. The van der Waals surface area contributed by atoms with E-state index in [9.17, 15) is 22.8 Å². The highest BCUT2D eigenvalue weighted by molar-refractivity contribution is 5.72. The van der Waals surface area contributed by atoms with Gasteiger partial charge in [0.05, 0.1) is 22.9 Å². The molecule has 9 heteroatoms. The van der Waals surface area contributed by atoms with Crippen LogP contribution in [-0.2, 0) is 0 Å². The lowest BCUT2D eigenvalue weighted by atomic mass is 9.97. The Morgan fingerprint density at radius 3 is 2.54 bits per heavy atom. The molecule has 150 valence electrons. The van der Waals surface area contributed by atoms with Crippen molar-refractivity contribution in [1.82, 2.24) is 9.38 Å². The normalized spacial score (nSPS) is 28.9. The summed E-state index contributed by atoms with van der Waals surface area (Å²) >= 11 is 0. The van der Waals surface area contributed by atoms with Gasteiger partial charge in [-0.15, -0.1) is 0 Å². The number of hydrogen-bond donors (Lipinski definition) is 2. The molecule has 1 aliphatic heterocycles. The number of H-pyrrole nitrogens is 1. The standard InChI is InChI=1S/C19H21F3N4O2/c1-9-14(25-5-4-11(6-25)18(23)8-19(18,21)22)12(20)7-26-15(9)13(10-2-3-10)16(27)24-17(26)28/h7,10-11H,2-6,8,23H2,1H3,(H,24,27,28). The summed E-state index contributed by atoms with van der Waals surface area (Å²) in [7, 11) is 0. The molecule has 2 aromatic heterocycles. The van der Waals surface area contributed by atoms with Gasteiger partial charge in [-0.25, -0.2) is 18.0 Å². The molecule has 5 rings (SSSR count). The van der Waals surface area contributed by atoms with Crippen LogP contribution < -0.4 is 21.9 Å². The molecule has 2 aromatic rings. The van der Waals surface area contributed by atoms with Gasteiger partial charge in [0.15, 0.2) is 5.82 Å². The van der Waals surface area contributed by atoms with Crippen LogP contribution in [0.15, 0.2) is 15.8 Å². The summed E-state index contributed by atoms with van der Waals surface area (Å²) in [6.45, 7) is 2.31. The van der Waals surface area contributed by atoms with Gasteiger partial charge in [0.1, 0.15) is 0 Å². The Hall–Kier alpha value is -2.29. The maximum atomic E-state index is 15.0. The summed E-state index contributed by atoms with van der Waals surface area (Å²) in [5.41, 5.74) is 4.92. The number of aromatic nitrogens is 2. The predicted molar refractivity (Wildman–Crippen MR) is 97.8 cm³/mol. The summed E-state index contributed by atoms with van der Waals surface area (Å²) in [4.78, 5) is 28.6. The first kappa shape index (κ1) is 17.8. The summed E-state index contributed by atoms with van der Waals surface area (Å²) in [6, 6.07) is 0. The SMILES string of the molecule is Cc1c(N2CCC(C3(N)CC3(F)F)C2)c(F)cn2c(=O)[nH]c(=O)c(C3CC3)c12. The first-order chi connectivity index (χ1) is 13.1. The number of aryl methyl sites for hydroxylation is 1. The second-order valence-corrected chi connectivity index (χ2v) is 8.47. The fraction of sp³-hybridized carbons (Fsp3) is 0.579. The number of rotatable bonds is 3. The summed E-state index contributed by atoms with van der Waals surface area (Å²) < 4.78 is 43.5. The number of anilines is 1. The van der Waals surface area contributed by atoms with Gasteiger partial charge in [-0.05, 0) is 32.1 Å². The average Bonchev–Trinajstić information content (AvgIpc) is 3.45. The molecule has 0 bridgehead atoms. The van der Waals surface area contributed by atoms with E-state index in [4.69, 9.17) is 5.73 Å². The zero-order valence-corrected chi connectivity index (χ0v) is 15.4. The van der Waals surface area contributed by atoms with E-state index in [1.54, 1.807) is 11.8 Å². The fourth-order valence-electron chi connectivity index (χ4n) is 4.82. The number of halogens is 3. The second-order valence-electron chi connectivity index (χ2n) is 8.47. The number of aromatic amines is 1. The van der Waals surface area contributed by atoms with Crippen LogP contribution in [0.25, 0.3) is 5.52 Å². The van der Waals surface area contributed by atoms with Crippen LogP contribution in [0, 0.1) is 18.7 Å². The van der Waals surface area contributed by atoms with E-state index in [1.165, 1.54) is 0 Å². The molecule has 0 amide bonds. The lowest BCUT2D eigenvalue weighted by Gasteiger charge is -2.25. The molecule has 6 nitrogen and oxygen atoms in total. The number of nitrogens with one attached hydrogen (secondary N) is 1. The van der Waals surface area contributed by atoms with E-state index >= 15 is 0 Å². The number of alkyl halides is 2. The molecular weight excluding hydrogens is 373 g/mol. The minimum atomic E-state index is -2.87. The van der Waals surface area contributed by atoms with Crippen molar-refractivity contribution in [2.24, 2.45) is 11.7 Å². The summed E-state index contributed by atoms with van der Waals surface area (Å²) in [5, 5.41) is 0. The lowest BCUT2D eigenvalue weighted by molar-refractivity contribution is 0.0751. The van der Waals surface area contributed by atoms with Gasteiger partial charge >= 0.3 is 5.69 Å². The van der Waals surface area contributed by atoms with E-state index < -0.39 is 34.4 Å². The zero-order valence-electron chi connectivity index (χ0n) is 15.4. The van der Waals surface area contributed by atoms with Crippen LogP contribution >= 0.6 is 0 Å². The molecule has 2 aliphatic carbocycles. The van der Waals surface area contributed by atoms with Crippen molar-refractivity contribution in [2.45, 2.75) is 50.0 Å². The molecule has 2 atom stereocenters. The Balaban J connectivity index is 1.62. The highest BCUT2D eigenvalue weighted by Gasteiger charge is 2.72. The quantitative estimate of drug-likeness (QED) is 0.833. The van der Waals surface area contributed by atoms with Gasteiger partial charge < -0.3 is 10.6 Å². The third kappa shape index (κ3) is 2.31. The van der Waals surface area contributed by atoms with Gasteiger partial charge in [-0.1, -0.05) is 0 Å². The molecule has 28 heavy (non-hydrogen) atoms. The molecule has 0 aromatic carbocycles. The number of nitrogens with zero attached hydrogens (tertiary/aromatic N) is 2. The zero-order chi connectivity index (χ0) is 20.0. The Labute approximate surface area is 158 Å². The van der Waals surface area contributed by atoms with Gasteiger partial charge in [0, 0.05) is 36.6 Å². The van der Waals surface area contributed by atoms with Crippen molar-refractivity contribution in [3.05, 3.63) is 44.0 Å². The van der Waals surface area contributed by atoms with Crippen LogP contribution in [-0.4, -0.2) is 33.9 Å². The molecule has 3 fully saturated rings. The molecule has 3 heterocycles. The van der Waals surface area contributed by atoms with E-state index in [0.29, 0.717) is 29.6 Å². The Morgan fingerprint density at radius 2 is 1.93 bits per heavy atom. The molecule has 0 radical (unpaired) electrons. The molecule has 2 saturated carbocycles. The van der Waals surface area contributed by atoms with Crippen LogP contribution in [0.3, 0.4) is 0 Å². The van der Waals surface area contributed by atoms with Crippen molar-refractivity contribution in [3.8, 4) is 0 Å². The van der Waals surface area contributed by atoms with Crippen molar-refractivity contribution in [3.63, 3.8) is 0 Å². The van der Waals surface area contributed by atoms with E-state index in [1.807, 2.05) is 0 Å². The fourth-order valence-corrected chi connectivity index (χ4v) is 4.82. The third-order valence-corrected chi connectivity index (χ3v) is 6.65. The van der Waals surface area contributed by atoms with Crippen molar-refractivity contribution >= 4 is 11.2 Å². The Morgan fingerprint density at radius 1 is 1.25 bits per heavy atom. The van der Waals surface area contributed by atoms with E-state index in [2.05, 4.69) is 4.98 Å². The van der Waals surface area contributed by atoms with E-state index in [0.717, 1.165) is 23.4 Å². The maximum absolute atomic E-state index is 15.0. The summed E-state index contributed by atoms with van der Waals surface area (Å²) in [6.07, 6.45) is 2.89. The molecule has 3 aliphatic rings. The minimum Gasteiger partial charge on any atom is -0.368 e. The number of hydrogen-bond acceptors (Lipinski definition) is 4. The minimum absolute atomic E-state index is 0.0557. The Bertz CT molecular complexity index is 1120. The smallest absolute Gasteiger partial charge is 0.333 e. The van der Waals surface area contributed by atoms with Crippen LogP contribution in [0.5, 0.6) is 0 Å². The number of nitrogens with two attached hydrogens (primary N) is 1. The molecule has 3 N–H and O–H groups in total. The highest BCUT2D eigenvalue weighted by atomic mass is 19.3.